The second-order valence-electron chi connectivity index (χ2n) is 3.84. The van der Waals surface area contributed by atoms with E-state index in [1.54, 1.807) is 17.8 Å². The molecule has 1 aromatic carbocycles. The van der Waals surface area contributed by atoms with Crippen molar-refractivity contribution in [1.82, 2.24) is 4.31 Å². The highest BCUT2D eigenvalue weighted by atomic mass is 32.2. The molecule has 17 heavy (non-hydrogen) atoms. The van der Waals surface area contributed by atoms with Gasteiger partial charge in [0.15, 0.2) is 0 Å². The molecule has 1 unspecified atom stereocenters. The highest BCUT2D eigenvalue weighted by Gasteiger charge is 2.29. The lowest BCUT2D eigenvalue weighted by atomic mass is 10.2. The summed E-state index contributed by atoms with van der Waals surface area (Å²) in [6.07, 6.45) is 1.64. The Kier molecular flexibility index (Phi) is 3.91. The van der Waals surface area contributed by atoms with Gasteiger partial charge in [0, 0.05) is 17.7 Å². The Morgan fingerprint density at radius 3 is 2.65 bits per heavy atom. The van der Waals surface area contributed by atoms with Gasteiger partial charge in [-0.2, -0.15) is 4.31 Å². The Morgan fingerprint density at radius 2 is 2.06 bits per heavy atom. The van der Waals surface area contributed by atoms with Crippen LogP contribution in [0.3, 0.4) is 0 Å². The molecule has 0 amide bonds. The number of hydrogen-bond donors (Lipinski definition) is 0. The van der Waals surface area contributed by atoms with Gasteiger partial charge in [0.25, 0.3) is 0 Å². The maximum Gasteiger partial charge on any atom is 0.237 e. The zero-order valence-electron chi connectivity index (χ0n) is 9.61. The van der Waals surface area contributed by atoms with E-state index >= 15 is 0 Å². The fourth-order valence-corrected chi connectivity index (χ4v) is 4.54. The summed E-state index contributed by atoms with van der Waals surface area (Å²) in [7, 11) is -3.28. The average Bonchev–Trinajstić information content (AvgIpc) is 2.75. The molecule has 1 atom stereocenters. The molecule has 0 bridgehead atoms. The van der Waals surface area contributed by atoms with Crippen LogP contribution >= 0.6 is 11.8 Å². The van der Waals surface area contributed by atoms with E-state index in [9.17, 15) is 8.42 Å². The van der Waals surface area contributed by atoms with Crippen LogP contribution in [0, 0.1) is 0 Å². The van der Waals surface area contributed by atoms with Gasteiger partial charge in [0.2, 0.25) is 10.0 Å². The van der Waals surface area contributed by atoms with E-state index in [1.165, 1.54) is 9.71 Å². The van der Waals surface area contributed by atoms with Crippen LogP contribution in [0.15, 0.2) is 35.7 Å². The normalized spacial score (nSPS) is 22.3. The third kappa shape index (κ3) is 3.12. The number of rotatable bonds is 3. The van der Waals surface area contributed by atoms with Crippen molar-refractivity contribution in [2.24, 2.45) is 0 Å². The summed E-state index contributed by atoms with van der Waals surface area (Å²) in [5.74, 6) is 0.875. The highest BCUT2D eigenvalue weighted by molar-refractivity contribution is 8.01. The van der Waals surface area contributed by atoms with Crippen LogP contribution in [0.5, 0.6) is 0 Å². The highest BCUT2D eigenvalue weighted by Crippen LogP contribution is 2.26. The van der Waals surface area contributed by atoms with Gasteiger partial charge >= 0.3 is 0 Å². The van der Waals surface area contributed by atoms with Crippen LogP contribution < -0.4 is 0 Å². The Labute approximate surface area is 107 Å². The van der Waals surface area contributed by atoms with Crippen LogP contribution in [0.2, 0.25) is 0 Å². The number of nitrogens with zero attached hydrogens (tertiary/aromatic N) is 1. The first-order valence-corrected chi connectivity index (χ1v) is 8.01. The molecule has 1 aromatic rings. The fourth-order valence-electron chi connectivity index (χ4n) is 1.72. The predicted octanol–water partition coefficient (Wildman–Crippen LogP) is 2.38. The van der Waals surface area contributed by atoms with Crippen molar-refractivity contribution in [3.8, 4) is 0 Å². The van der Waals surface area contributed by atoms with Gasteiger partial charge in [-0.25, -0.2) is 8.42 Å². The Bertz CT molecular complexity index is 496. The van der Waals surface area contributed by atoms with E-state index in [1.807, 2.05) is 37.3 Å². The number of hydrogen-bond acceptors (Lipinski definition) is 3. The van der Waals surface area contributed by atoms with Gasteiger partial charge in [-0.15, -0.1) is 11.8 Å². The van der Waals surface area contributed by atoms with Crippen molar-refractivity contribution >= 4 is 27.9 Å². The minimum atomic E-state index is -3.28. The van der Waals surface area contributed by atoms with E-state index in [2.05, 4.69) is 0 Å². The summed E-state index contributed by atoms with van der Waals surface area (Å²) in [5.41, 5.74) is 0.899. The van der Waals surface area contributed by atoms with Gasteiger partial charge in [-0.3, -0.25) is 0 Å². The summed E-state index contributed by atoms with van der Waals surface area (Å²) >= 11 is 1.67. The molecular weight excluding hydrogens is 254 g/mol. The van der Waals surface area contributed by atoms with Crippen LogP contribution in [-0.2, 0) is 10.0 Å². The molecule has 0 spiro atoms. The third-order valence-corrected chi connectivity index (χ3v) is 5.56. The summed E-state index contributed by atoms with van der Waals surface area (Å²) in [4.78, 5) is 0. The molecule has 1 fully saturated rings. The van der Waals surface area contributed by atoms with Crippen molar-refractivity contribution in [1.29, 1.82) is 0 Å². The monoisotopic (exact) mass is 269 g/mol. The molecule has 1 heterocycles. The molecular formula is C12H15NO2S2. The van der Waals surface area contributed by atoms with Crippen molar-refractivity contribution in [3.63, 3.8) is 0 Å². The number of sulfonamides is 1. The third-order valence-electron chi connectivity index (χ3n) is 2.64. The molecule has 0 radical (unpaired) electrons. The van der Waals surface area contributed by atoms with Crippen molar-refractivity contribution < 1.29 is 8.42 Å². The largest absolute Gasteiger partial charge is 0.237 e. The Hall–Kier alpha value is -0.780. The molecule has 0 aromatic heterocycles. The minimum absolute atomic E-state index is 0.0421. The van der Waals surface area contributed by atoms with E-state index in [0.29, 0.717) is 6.54 Å². The van der Waals surface area contributed by atoms with Crippen LogP contribution in [-0.4, -0.2) is 30.4 Å². The first kappa shape index (κ1) is 12.7. The first-order valence-electron chi connectivity index (χ1n) is 5.46. The molecule has 1 aliphatic heterocycles. The van der Waals surface area contributed by atoms with Crippen LogP contribution in [0.1, 0.15) is 12.5 Å². The fraction of sp³-hybridized carbons (Fsp3) is 0.333. The van der Waals surface area contributed by atoms with Gasteiger partial charge in [-0.05, 0) is 18.6 Å². The zero-order chi connectivity index (χ0) is 12.3. The molecule has 1 aliphatic rings. The maximum absolute atomic E-state index is 12.0. The lowest BCUT2D eigenvalue weighted by molar-refractivity contribution is 0.449. The van der Waals surface area contributed by atoms with Crippen LogP contribution in [0.4, 0.5) is 0 Å². The SMILES string of the molecule is CC1SCCN1S(=O)(=O)/C=C/c1ccccc1. The van der Waals surface area contributed by atoms with E-state index < -0.39 is 10.0 Å². The van der Waals surface area contributed by atoms with Crippen molar-refractivity contribution in [2.45, 2.75) is 12.3 Å². The second-order valence-corrected chi connectivity index (χ2v) is 7.03. The first-order chi connectivity index (χ1) is 8.09. The predicted molar refractivity (Wildman–Crippen MR) is 73.0 cm³/mol. The molecule has 0 aliphatic carbocycles. The molecule has 3 nitrogen and oxygen atoms in total. The van der Waals surface area contributed by atoms with Gasteiger partial charge < -0.3 is 0 Å². The van der Waals surface area contributed by atoms with Crippen molar-refractivity contribution in [2.75, 3.05) is 12.3 Å². The van der Waals surface area contributed by atoms with E-state index in [4.69, 9.17) is 0 Å². The molecule has 1 saturated heterocycles. The quantitative estimate of drug-likeness (QED) is 0.845. The molecule has 0 N–H and O–H groups in total. The molecule has 5 heteroatoms. The van der Waals surface area contributed by atoms with Gasteiger partial charge in [0.1, 0.15) is 0 Å². The van der Waals surface area contributed by atoms with Gasteiger partial charge in [-0.1, -0.05) is 30.3 Å². The summed E-state index contributed by atoms with van der Waals surface area (Å²) < 4.78 is 25.6. The second kappa shape index (κ2) is 5.25. The Morgan fingerprint density at radius 1 is 1.35 bits per heavy atom. The Balaban J connectivity index is 2.15. The number of thioether (sulfide) groups is 1. The lowest BCUT2D eigenvalue weighted by Gasteiger charge is -2.17. The molecule has 2 rings (SSSR count). The number of benzene rings is 1. The zero-order valence-corrected chi connectivity index (χ0v) is 11.2. The summed E-state index contributed by atoms with van der Waals surface area (Å²) in [6, 6.07) is 9.45. The van der Waals surface area contributed by atoms with Gasteiger partial charge in [0.05, 0.1) is 5.37 Å². The lowest BCUT2D eigenvalue weighted by Crippen LogP contribution is -2.31. The summed E-state index contributed by atoms with van der Waals surface area (Å²) in [5, 5.41) is 1.34. The average molecular weight is 269 g/mol. The van der Waals surface area contributed by atoms with E-state index in [-0.39, 0.29) is 5.37 Å². The van der Waals surface area contributed by atoms with Crippen molar-refractivity contribution in [3.05, 3.63) is 41.3 Å². The smallest absolute Gasteiger partial charge is 0.207 e. The minimum Gasteiger partial charge on any atom is -0.207 e. The van der Waals surface area contributed by atoms with Crippen LogP contribution in [0.25, 0.3) is 6.08 Å². The topological polar surface area (TPSA) is 37.4 Å². The molecule has 92 valence electrons. The standard InChI is InChI=1S/C12H15NO2S2/c1-11-13(8-9-16-11)17(14,15)10-7-12-5-3-2-4-6-12/h2-7,10-11H,8-9H2,1H3/b10-7+. The summed E-state index contributed by atoms with van der Waals surface area (Å²) in [6.45, 7) is 2.53. The van der Waals surface area contributed by atoms with E-state index in [0.717, 1.165) is 11.3 Å². The molecule has 0 saturated carbocycles. The maximum atomic E-state index is 12.0.